The van der Waals surface area contributed by atoms with Crippen molar-refractivity contribution in [3.8, 4) is 0 Å². The van der Waals surface area contributed by atoms with E-state index in [0.717, 1.165) is 60.5 Å². The Morgan fingerprint density at radius 3 is 2.75 bits per heavy atom. The fourth-order valence-corrected chi connectivity index (χ4v) is 5.32. The summed E-state index contributed by atoms with van der Waals surface area (Å²) in [6.45, 7) is 6.03. The normalized spacial score (nSPS) is 19.4. The monoisotopic (exact) mass is 423 g/mol. The molecule has 1 saturated heterocycles. The van der Waals surface area contributed by atoms with Crippen LogP contribution in [0.5, 0.6) is 0 Å². The van der Waals surface area contributed by atoms with E-state index in [1.807, 2.05) is 18.3 Å². The van der Waals surface area contributed by atoms with E-state index in [1.54, 1.807) is 12.4 Å². The van der Waals surface area contributed by atoms with Crippen molar-refractivity contribution in [2.24, 2.45) is 11.1 Å². The van der Waals surface area contributed by atoms with Crippen LogP contribution in [0, 0.1) is 5.41 Å². The molecule has 1 aromatic carbocycles. The molecule has 3 aromatic heterocycles. The van der Waals surface area contributed by atoms with Gasteiger partial charge in [-0.3, -0.25) is 10.1 Å². The maximum atomic E-state index is 6.72. The van der Waals surface area contributed by atoms with Gasteiger partial charge in [0.25, 0.3) is 0 Å². The molecule has 1 aliphatic carbocycles. The largest absolute Gasteiger partial charge is 0.355 e. The molecule has 0 radical (unpaired) electrons. The molecule has 1 spiro atoms. The summed E-state index contributed by atoms with van der Waals surface area (Å²) < 4.78 is 0. The summed E-state index contributed by atoms with van der Waals surface area (Å²) in [4.78, 5) is 16.0. The molecule has 0 unspecified atom stereocenters. The van der Waals surface area contributed by atoms with Gasteiger partial charge in [-0.05, 0) is 41.9 Å². The highest BCUT2D eigenvalue weighted by Crippen LogP contribution is 2.50. The minimum Gasteiger partial charge on any atom is -0.355 e. The molecular formula is C25H25N7. The van der Waals surface area contributed by atoms with Crippen LogP contribution in [0.25, 0.3) is 16.7 Å². The Bertz CT molecular complexity index is 1300. The van der Waals surface area contributed by atoms with Crippen LogP contribution in [0.1, 0.15) is 41.3 Å². The molecule has 2 aliphatic rings. The van der Waals surface area contributed by atoms with Crippen molar-refractivity contribution in [3.63, 3.8) is 0 Å². The Morgan fingerprint density at radius 1 is 1.12 bits per heavy atom. The van der Waals surface area contributed by atoms with Crippen LogP contribution in [0.15, 0.2) is 61.6 Å². The minimum absolute atomic E-state index is 0.113. The zero-order valence-corrected chi connectivity index (χ0v) is 17.8. The fourth-order valence-electron chi connectivity index (χ4n) is 5.32. The standard InChI is InChI=1S/C25H25N7/c1-16(18-6-4-10-27-14-18)21-22-24(31-30-21)29-20(15-28-22)32-11-8-25(9-12-32)13-17-5-2-3-7-19(17)23(25)26/h2-7,10,14-15,23H,1,8-9,11-13,26H2,(H,29,30,31)/t23-/m1/s1. The Kier molecular flexibility index (Phi) is 4.33. The molecule has 0 bridgehead atoms. The Balaban J connectivity index is 1.22. The van der Waals surface area contributed by atoms with Gasteiger partial charge in [0.2, 0.25) is 5.65 Å². The average Bonchev–Trinajstić information content (AvgIpc) is 3.38. The zero-order chi connectivity index (χ0) is 21.7. The third kappa shape index (κ3) is 2.92. The molecule has 4 aromatic rings. The predicted molar refractivity (Wildman–Crippen MR) is 125 cm³/mol. The maximum absolute atomic E-state index is 6.72. The van der Waals surface area contributed by atoms with Crippen molar-refractivity contribution in [1.29, 1.82) is 0 Å². The van der Waals surface area contributed by atoms with Crippen molar-refractivity contribution in [2.45, 2.75) is 25.3 Å². The zero-order valence-electron chi connectivity index (χ0n) is 17.8. The van der Waals surface area contributed by atoms with Gasteiger partial charge in [0, 0.05) is 42.7 Å². The third-order valence-electron chi connectivity index (χ3n) is 7.24. The van der Waals surface area contributed by atoms with Crippen LogP contribution in [0.4, 0.5) is 5.82 Å². The summed E-state index contributed by atoms with van der Waals surface area (Å²) in [5, 5.41) is 7.46. The van der Waals surface area contributed by atoms with Gasteiger partial charge in [-0.1, -0.05) is 36.9 Å². The van der Waals surface area contributed by atoms with Crippen LogP contribution < -0.4 is 10.6 Å². The van der Waals surface area contributed by atoms with Crippen LogP contribution in [-0.2, 0) is 6.42 Å². The van der Waals surface area contributed by atoms with Gasteiger partial charge in [-0.25, -0.2) is 9.97 Å². The average molecular weight is 424 g/mol. The number of pyridine rings is 1. The molecule has 7 heteroatoms. The summed E-state index contributed by atoms with van der Waals surface area (Å²) in [6.07, 6.45) is 8.54. The van der Waals surface area contributed by atoms with Crippen LogP contribution in [0.2, 0.25) is 0 Å². The molecule has 1 atom stereocenters. The lowest BCUT2D eigenvalue weighted by Crippen LogP contribution is -2.44. The van der Waals surface area contributed by atoms with Crippen molar-refractivity contribution in [1.82, 2.24) is 25.1 Å². The third-order valence-corrected chi connectivity index (χ3v) is 7.24. The van der Waals surface area contributed by atoms with Crippen LogP contribution >= 0.6 is 0 Å². The lowest BCUT2D eigenvalue weighted by molar-refractivity contribution is 0.187. The smallest absolute Gasteiger partial charge is 0.202 e. The number of nitrogens with two attached hydrogens (primary N) is 1. The molecule has 1 fully saturated rings. The van der Waals surface area contributed by atoms with Gasteiger partial charge in [0.05, 0.1) is 11.9 Å². The van der Waals surface area contributed by atoms with Crippen LogP contribution in [0.3, 0.4) is 0 Å². The molecule has 1 aliphatic heterocycles. The lowest BCUT2D eigenvalue weighted by atomic mass is 9.73. The van der Waals surface area contributed by atoms with E-state index in [1.165, 1.54) is 11.1 Å². The second-order valence-electron chi connectivity index (χ2n) is 8.92. The molecule has 4 heterocycles. The number of nitrogens with zero attached hydrogens (tertiary/aromatic N) is 5. The topological polar surface area (TPSA) is 96.6 Å². The van der Waals surface area contributed by atoms with E-state index in [2.05, 4.69) is 50.9 Å². The van der Waals surface area contributed by atoms with Gasteiger partial charge in [0.1, 0.15) is 11.3 Å². The maximum Gasteiger partial charge on any atom is 0.202 e. The van der Waals surface area contributed by atoms with E-state index >= 15 is 0 Å². The van der Waals surface area contributed by atoms with Gasteiger partial charge < -0.3 is 10.6 Å². The minimum atomic E-state index is 0.113. The number of benzene rings is 1. The number of hydrogen-bond donors (Lipinski definition) is 2. The summed E-state index contributed by atoms with van der Waals surface area (Å²) in [5.41, 5.74) is 13.4. The second-order valence-corrected chi connectivity index (χ2v) is 8.92. The summed E-state index contributed by atoms with van der Waals surface area (Å²) >= 11 is 0. The first-order valence-corrected chi connectivity index (χ1v) is 11.0. The van der Waals surface area contributed by atoms with E-state index in [4.69, 9.17) is 15.7 Å². The Labute approximate surface area is 186 Å². The summed E-state index contributed by atoms with van der Waals surface area (Å²) in [7, 11) is 0. The van der Waals surface area contributed by atoms with Crippen molar-refractivity contribution in [2.75, 3.05) is 18.0 Å². The Hall–Kier alpha value is -3.58. The first-order chi connectivity index (χ1) is 15.6. The highest BCUT2D eigenvalue weighted by Gasteiger charge is 2.45. The molecule has 7 nitrogen and oxygen atoms in total. The quantitative estimate of drug-likeness (QED) is 0.522. The number of hydrogen-bond acceptors (Lipinski definition) is 6. The number of fused-ring (bicyclic) bond motifs is 2. The van der Waals surface area contributed by atoms with E-state index in [-0.39, 0.29) is 11.5 Å². The van der Waals surface area contributed by atoms with Gasteiger partial charge in [-0.2, -0.15) is 5.10 Å². The lowest BCUT2D eigenvalue weighted by Gasteiger charge is -2.42. The number of H-pyrrole nitrogens is 1. The highest BCUT2D eigenvalue weighted by molar-refractivity contribution is 5.90. The van der Waals surface area contributed by atoms with Gasteiger partial charge >= 0.3 is 0 Å². The summed E-state index contributed by atoms with van der Waals surface area (Å²) in [5.74, 6) is 0.862. The molecule has 3 N–H and O–H groups in total. The fraction of sp³-hybridized carbons (Fsp3) is 0.280. The van der Waals surface area contributed by atoms with Gasteiger partial charge in [0.15, 0.2) is 0 Å². The van der Waals surface area contributed by atoms with Gasteiger partial charge in [-0.15, -0.1) is 0 Å². The van der Waals surface area contributed by atoms with Crippen molar-refractivity contribution >= 4 is 22.6 Å². The van der Waals surface area contributed by atoms with E-state index in [0.29, 0.717) is 5.65 Å². The highest BCUT2D eigenvalue weighted by atomic mass is 15.2. The second kappa shape index (κ2) is 7.24. The van der Waals surface area contributed by atoms with Crippen LogP contribution in [-0.4, -0.2) is 38.2 Å². The van der Waals surface area contributed by atoms with E-state index < -0.39 is 0 Å². The van der Waals surface area contributed by atoms with E-state index in [9.17, 15) is 0 Å². The number of aromatic amines is 1. The number of aromatic nitrogens is 5. The number of piperidine rings is 1. The number of anilines is 1. The molecule has 0 amide bonds. The molecule has 0 saturated carbocycles. The first-order valence-electron chi connectivity index (χ1n) is 11.0. The van der Waals surface area contributed by atoms with Crippen molar-refractivity contribution in [3.05, 3.63) is 84.0 Å². The number of nitrogens with one attached hydrogen (secondary N) is 1. The SMILES string of the molecule is C=C(c1cccnc1)c1[nH]nc2nc(N3CCC4(CC3)Cc3ccccc3[C@H]4N)cnc12. The molecular weight excluding hydrogens is 398 g/mol. The predicted octanol–water partition coefficient (Wildman–Crippen LogP) is 3.65. The molecule has 160 valence electrons. The van der Waals surface area contributed by atoms with Crippen molar-refractivity contribution < 1.29 is 0 Å². The molecule has 32 heavy (non-hydrogen) atoms. The Morgan fingerprint density at radius 2 is 1.97 bits per heavy atom. The molecule has 6 rings (SSSR count). The first kappa shape index (κ1) is 19.1. The number of rotatable bonds is 3. The summed E-state index contributed by atoms with van der Waals surface area (Å²) in [6, 6.07) is 12.6.